The standard InChI is InChI=1S/C19H18FN3O3/c1-12(24)26-11-10-23-16-9-5-3-7-14(16)17(22-18(21)19(23)25)13-6-2-4-8-15(13)20/h2-9,18H,10-11,21H2,1H3/t18-/m0/s1. The number of para-hydroxylation sites is 1. The van der Waals surface area contributed by atoms with Crippen LogP contribution in [0.1, 0.15) is 18.1 Å². The van der Waals surface area contributed by atoms with Gasteiger partial charge in [0.25, 0.3) is 5.91 Å². The number of ether oxygens (including phenoxy) is 1. The van der Waals surface area contributed by atoms with Crippen molar-refractivity contribution >= 4 is 23.3 Å². The Morgan fingerprint density at radius 2 is 1.85 bits per heavy atom. The topological polar surface area (TPSA) is 85.0 Å². The van der Waals surface area contributed by atoms with Gasteiger partial charge in [-0.3, -0.25) is 14.6 Å². The molecule has 0 fully saturated rings. The molecule has 0 saturated heterocycles. The molecule has 0 radical (unpaired) electrons. The lowest BCUT2D eigenvalue weighted by molar-refractivity contribution is -0.141. The first-order valence-corrected chi connectivity index (χ1v) is 8.11. The number of halogens is 1. The molecule has 1 amide bonds. The number of benzodiazepines with no additional fused rings is 1. The lowest BCUT2D eigenvalue weighted by Crippen LogP contribution is -2.44. The Morgan fingerprint density at radius 1 is 1.19 bits per heavy atom. The Hall–Kier alpha value is -3.06. The van der Waals surface area contributed by atoms with Crippen molar-refractivity contribution in [1.29, 1.82) is 0 Å². The first-order chi connectivity index (χ1) is 12.5. The summed E-state index contributed by atoms with van der Waals surface area (Å²) in [7, 11) is 0. The van der Waals surface area contributed by atoms with E-state index in [2.05, 4.69) is 4.99 Å². The number of carbonyl (C=O) groups is 2. The van der Waals surface area contributed by atoms with E-state index in [-0.39, 0.29) is 18.7 Å². The summed E-state index contributed by atoms with van der Waals surface area (Å²) in [4.78, 5) is 29.4. The third kappa shape index (κ3) is 3.48. The summed E-state index contributed by atoms with van der Waals surface area (Å²) in [6.07, 6.45) is -1.19. The number of hydrogen-bond acceptors (Lipinski definition) is 5. The predicted octanol–water partition coefficient (Wildman–Crippen LogP) is 1.86. The van der Waals surface area contributed by atoms with Crippen molar-refractivity contribution in [2.24, 2.45) is 10.7 Å². The van der Waals surface area contributed by atoms with Gasteiger partial charge >= 0.3 is 5.97 Å². The molecule has 0 bridgehead atoms. The average Bonchev–Trinajstić information content (AvgIpc) is 2.72. The third-order valence-corrected chi connectivity index (χ3v) is 3.99. The molecule has 26 heavy (non-hydrogen) atoms. The molecule has 1 heterocycles. The molecule has 134 valence electrons. The summed E-state index contributed by atoms with van der Waals surface area (Å²) >= 11 is 0. The van der Waals surface area contributed by atoms with Gasteiger partial charge in [0.2, 0.25) is 0 Å². The van der Waals surface area contributed by atoms with Crippen molar-refractivity contribution < 1.29 is 18.7 Å². The maximum atomic E-state index is 14.3. The van der Waals surface area contributed by atoms with E-state index >= 15 is 0 Å². The van der Waals surface area contributed by atoms with E-state index in [1.165, 1.54) is 17.9 Å². The van der Waals surface area contributed by atoms with Gasteiger partial charge in [0.05, 0.1) is 17.9 Å². The van der Waals surface area contributed by atoms with Crippen LogP contribution >= 0.6 is 0 Å². The Labute approximate surface area is 150 Å². The monoisotopic (exact) mass is 355 g/mol. The molecule has 2 aromatic rings. The molecule has 0 saturated carbocycles. The SMILES string of the molecule is CC(=O)OCCN1C(=O)[C@@H](N)N=C(c2ccccc2F)c2ccccc21. The van der Waals surface area contributed by atoms with Crippen LogP contribution in [0.2, 0.25) is 0 Å². The van der Waals surface area contributed by atoms with Gasteiger partial charge in [0, 0.05) is 18.1 Å². The zero-order valence-electron chi connectivity index (χ0n) is 14.2. The maximum Gasteiger partial charge on any atom is 0.302 e. The molecule has 2 aromatic carbocycles. The second kappa shape index (κ2) is 7.45. The van der Waals surface area contributed by atoms with Crippen molar-refractivity contribution in [3.8, 4) is 0 Å². The van der Waals surface area contributed by atoms with Crippen LogP contribution in [-0.4, -0.2) is 36.9 Å². The number of fused-ring (bicyclic) bond motifs is 1. The molecular formula is C19H18FN3O3. The number of esters is 1. The van der Waals surface area contributed by atoms with Crippen LogP contribution in [0.15, 0.2) is 53.5 Å². The second-order valence-corrected chi connectivity index (χ2v) is 5.75. The molecule has 3 rings (SSSR count). The number of nitrogens with zero attached hydrogens (tertiary/aromatic N) is 2. The van der Waals surface area contributed by atoms with Crippen molar-refractivity contribution in [3.05, 3.63) is 65.5 Å². The van der Waals surface area contributed by atoms with Crippen molar-refractivity contribution in [2.45, 2.75) is 13.1 Å². The van der Waals surface area contributed by atoms with Gasteiger partial charge < -0.3 is 15.4 Å². The highest BCUT2D eigenvalue weighted by atomic mass is 19.1. The van der Waals surface area contributed by atoms with Gasteiger partial charge in [-0.05, 0) is 18.2 Å². The molecule has 1 atom stereocenters. The number of benzene rings is 2. The van der Waals surface area contributed by atoms with Gasteiger partial charge in [-0.25, -0.2) is 4.39 Å². The molecule has 7 heteroatoms. The van der Waals surface area contributed by atoms with E-state index in [1.807, 2.05) is 0 Å². The Morgan fingerprint density at radius 3 is 2.54 bits per heavy atom. The largest absolute Gasteiger partial charge is 0.464 e. The number of rotatable bonds is 4. The Kier molecular flexibility index (Phi) is 5.09. The van der Waals surface area contributed by atoms with Gasteiger partial charge in [0.15, 0.2) is 6.17 Å². The fraction of sp³-hybridized carbons (Fsp3) is 0.211. The number of carbonyl (C=O) groups excluding carboxylic acids is 2. The molecular weight excluding hydrogens is 337 g/mol. The predicted molar refractivity (Wildman–Crippen MR) is 95.4 cm³/mol. The normalized spacial score (nSPS) is 16.6. The second-order valence-electron chi connectivity index (χ2n) is 5.75. The van der Waals surface area contributed by atoms with E-state index in [0.717, 1.165) is 0 Å². The lowest BCUT2D eigenvalue weighted by Gasteiger charge is -2.24. The number of nitrogens with two attached hydrogens (primary N) is 1. The summed E-state index contributed by atoms with van der Waals surface area (Å²) < 4.78 is 19.3. The first-order valence-electron chi connectivity index (χ1n) is 8.11. The molecule has 6 nitrogen and oxygen atoms in total. The summed E-state index contributed by atoms with van der Waals surface area (Å²) in [5.74, 6) is -1.34. The first kappa shape index (κ1) is 17.8. The smallest absolute Gasteiger partial charge is 0.302 e. The van der Waals surface area contributed by atoms with Gasteiger partial charge in [-0.2, -0.15) is 0 Å². The molecule has 0 aliphatic carbocycles. The summed E-state index contributed by atoms with van der Waals surface area (Å²) in [6, 6.07) is 13.2. The minimum Gasteiger partial charge on any atom is -0.464 e. The molecule has 1 aliphatic rings. The molecule has 2 N–H and O–H groups in total. The lowest BCUT2D eigenvalue weighted by atomic mass is 10.00. The van der Waals surface area contributed by atoms with Crippen LogP contribution in [0.5, 0.6) is 0 Å². The fourth-order valence-corrected chi connectivity index (χ4v) is 2.83. The van der Waals surface area contributed by atoms with Crippen LogP contribution in [0, 0.1) is 5.82 Å². The summed E-state index contributed by atoms with van der Waals surface area (Å²) in [5, 5.41) is 0. The van der Waals surface area contributed by atoms with Gasteiger partial charge in [-0.1, -0.05) is 30.3 Å². The van der Waals surface area contributed by atoms with Crippen molar-refractivity contribution in [2.75, 3.05) is 18.1 Å². The molecule has 1 aliphatic heterocycles. The highest BCUT2D eigenvalue weighted by Gasteiger charge is 2.30. The van der Waals surface area contributed by atoms with E-state index in [0.29, 0.717) is 17.0 Å². The van der Waals surface area contributed by atoms with Crippen molar-refractivity contribution in [3.63, 3.8) is 0 Å². The summed E-state index contributed by atoms with van der Waals surface area (Å²) in [5.41, 5.74) is 7.66. The average molecular weight is 355 g/mol. The van der Waals surface area contributed by atoms with Crippen LogP contribution in [-0.2, 0) is 14.3 Å². The molecule has 0 aromatic heterocycles. The third-order valence-electron chi connectivity index (χ3n) is 3.99. The zero-order valence-corrected chi connectivity index (χ0v) is 14.2. The number of aliphatic imine (C=N–C) groups is 1. The van der Waals surface area contributed by atoms with Crippen LogP contribution in [0.4, 0.5) is 10.1 Å². The summed E-state index contributed by atoms with van der Waals surface area (Å²) in [6.45, 7) is 1.45. The van der Waals surface area contributed by atoms with Crippen LogP contribution in [0.25, 0.3) is 0 Å². The molecule has 0 spiro atoms. The van der Waals surface area contributed by atoms with E-state index < -0.39 is 23.9 Å². The van der Waals surface area contributed by atoms with E-state index in [1.54, 1.807) is 42.5 Å². The van der Waals surface area contributed by atoms with Gasteiger partial charge in [-0.15, -0.1) is 0 Å². The van der Waals surface area contributed by atoms with Crippen LogP contribution < -0.4 is 10.6 Å². The van der Waals surface area contributed by atoms with Crippen molar-refractivity contribution in [1.82, 2.24) is 0 Å². The quantitative estimate of drug-likeness (QED) is 0.849. The van der Waals surface area contributed by atoms with E-state index in [9.17, 15) is 14.0 Å². The Bertz CT molecular complexity index is 882. The Balaban J connectivity index is 2.07. The maximum absolute atomic E-state index is 14.3. The van der Waals surface area contributed by atoms with Crippen LogP contribution in [0.3, 0.4) is 0 Å². The highest BCUT2D eigenvalue weighted by molar-refractivity contribution is 6.20. The number of amides is 1. The number of anilines is 1. The van der Waals surface area contributed by atoms with E-state index in [4.69, 9.17) is 10.5 Å². The minimum absolute atomic E-state index is 0.0250. The van der Waals surface area contributed by atoms with Gasteiger partial charge in [0.1, 0.15) is 12.4 Å². The zero-order chi connectivity index (χ0) is 18.7. The number of hydrogen-bond donors (Lipinski definition) is 1. The fourth-order valence-electron chi connectivity index (χ4n) is 2.83. The highest BCUT2D eigenvalue weighted by Crippen LogP contribution is 2.28. The minimum atomic E-state index is -1.19. The molecule has 0 unspecified atom stereocenters.